The summed E-state index contributed by atoms with van der Waals surface area (Å²) in [5.74, 6) is -1.73. The molecule has 1 heterocycles. The van der Waals surface area contributed by atoms with Crippen LogP contribution in [0.15, 0.2) is 59.4 Å². The molecule has 1 aromatic heterocycles. The van der Waals surface area contributed by atoms with E-state index in [0.717, 1.165) is 10.2 Å². The maximum atomic E-state index is 14.1. The molecular formula is C20H17ClFN3O2. The van der Waals surface area contributed by atoms with E-state index >= 15 is 0 Å². The molecule has 0 spiro atoms. The molecule has 0 saturated carbocycles. The SMILES string of the molecule is CC[C@H](c1cccc(Cl)c1)c1cc(=O)n(-c2ccccc2F)nc1C(N)=O. The zero-order chi connectivity index (χ0) is 19.6. The van der Waals surface area contributed by atoms with E-state index in [0.29, 0.717) is 17.0 Å². The first kappa shape index (κ1) is 18.8. The summed E-state index contributed by atoms with van der Waals surface area (Å²) >= 11 is 6.07. The quantitative estimate of drug-likeness (QED) is 0.727. The van der Waals surface area contributed by atoms with Crippen molar-refractivity contribution in [1.82, 2.24) is 9.78 Å². The molecule has 0 unspecified atom stereocenters. The van der Waals surface area contributed by atoms with Gasteiger partial charge in [0, 0.05) is 17.0 Å². The van der Waals surface area contributed by atoms with Gasteiger partial charge in [0.15, 0.2) is 5.69 Å². The average molecular weight is 386 g/mol. The Bertz CT molecular complexity index is 1070. The fraction of sp³-hybridized carbons (Fsp3) is 0.150. The molecule has 0 fully saturated rings. The van der Waals surface area contributed by atoms with Gasteiger partial charge in [-0.2, -0.15) is 9.78 Å². The number of nitrogens with zero attached hydrogens (tertiary/aromatic N) is 2. The second-order valence-electron chi connectivity index (χ2n) is 6.03. The van der Waals surface area contributed by atoms with Gasteiger partial charge in [-0.25, -0.2) is 4.39 Å². The Hall–Kier alpha value is -2.99. The number of nitrogens with two attached hydrogens (primary N) is 1. The molecule has 138 valence electrons. The first-order chi connectivity index (χ1) is 12.9. The zero-order valence-electron chi connectivity index (χ0n) is 14.5. The molecule has 7 heteroatoms. The fourth-order valence-electron chi connectivity index (χ4n) is 3.08. The van der Waals surface area contributed by atoms with Crippen LogP contribution >= 0.6 is 11.6 Å². The van der Waals surface area contributed by atoms with Gasteiger partial charge in [0.2, 0.25) is 0 Å². The smallest absolute Gasteiger partial charge is 0.271 e. The van der Waals surface area contributed by atoms with E-state index in [1.165, 1.54) is 24.3 Å². The summed E-state index contributed by atoms with van der Waals surface area (Å²) in [6.07, 6.45) is 0.589. The Morgan fingerprint density at radius 1 is 1.22 bits per heavy atom. The van der Waals surface area contributed by atoms with Gasteiger partial charge in [-0.15, -0.1) is 0 Å². The molecule has 2 aromatic carbocycles. The largest absolute Gasteiger partial charge is 0.364 e. The summed E-state index contributed by atoms with van der Waals surface area (Å²) in [7, 11) is 0. The van der Waals surface area contributed by atoms with Crippen LogP contribution in [0, 0.1) is 5.82 Å². The van der Waals surface area contributed by atoms with Gasteiger partial charge in [0.25, 0.3) is 11.5 Å². The number of amides is 1. The van der Waals surface area contributed by atoms with Crippen LogP contribution in [0.2, 0.25) is 5.02 Å². The molecule has 0 aliphatic carbocycles. The number of halogens is 2. The van der Waals surface area contributed by atoms with Crippen molar-refractivity contribution in [2.45, 2.75) is 19.3 Å². The topological polar surface area (TPSA) is 78.0 Å². The summed E-state index contributed by atoms with van der Waals surface area (Å²) in [6, 6.07) is 14.1. The molecule has 0 aliphatic rings. The Kier molecular flexibility index (Phi) is 5.37. The molecule has 27 heavy (non-hydrogen) atoms. The Balaban J connectivity index is 2.22. The molecule has 0 radical (unpaired) electrons. The number of hydrogen-bond donors (Lipinski definition) is 1. The van der Waals surface area contributed by atoms with Crippen molar-refractivity contribution in [1.29, 1.82) is 0 Å². The molecule has 0 bridgehead atoms. The maximum absolute atomic E-state index is 14.1. The molecular weight excluding hydrogens is 369 g/mol. The normalized spacial score (nSPS) is 12.0. The predicted octanol–water partition coefficient (Wildman–Crippen LogP) is 3.67. The van der Waals surface area contributed by atoms with Gasteiger partial charge in [-0.05, 0) is 41.8 Å². The van der Waals surface area contributed by atoms with Crippen LogP contribution in [0.25, 0.3) is 5.69 Å². The highest BCUT2D eigenvalue weighted by atomic mass is 35.5. The van der Waals surface area contributed by atoms with Crippen LogP contribution in [0.3, 0.4) is 0 Å². The highest BCUT2D eigenvalue weighted by molar-refractivity contribution is 6.30. The Morgan fingerprint density at radius 2 is 1.96 bits per heavy atom. The van der Waals surface area contributed by atoms with Gasteiger partial charge < -0.3 is 5.73 Å². The van der Waals surface area contributed by atoms with E-state index in [4.69, 9.17) is 17.3 Å². The molecule has 3 rings (SSSR count). The second kappa shape index (κ2) is 7.72. The lowest BCUT2D eigenvalue weighted by molar-refractivity contribution is 0.0992. The van der Waals surface area contributed by atoms with Gasteiger partial charge in [-0.3, -0.25) is 9.59 Å². The van der Waals surface area contributed by atoms with Crippen molar-refractivity contribution in [3.05, 3.63) is 92.6 Å². The lowest BCUT2D eigenvalue weighted by Gasteiger charge is -2.19. The predicted molar refractivity (Wildman–Crippen MR) is 102 cm³/mol. The number of para-hydroxylation sites is 1. The number of carbonyl (C=O) groups is 1. The van der Waals surface area contributed by atoms with E-state index in [2.05, 4.69) is 5.10 Å². The summed E-state index contributed by atoms with van der Waals surface area (Å²) in [4.78, 5) is 24.7. The monoisotopic (exact) mass is 385 g/mol. The summed E-state index contributed by atoms with van der Waals surface area (Å²) in [6.45, 7) is 1.92. The van der Waals surface area contributed by atoms with Crippen molar-refractivity contribution in [2.75, 3.05) is 0 Å². The van der Waals surface area contributed by atoms with Crippen LogP contribution < -0.4 is 11.3 Å². The standard InChI is InChI=1S/C20H17ClFN3O2/c1-2-14(12-6-5-7-13(21)10-12)15-11-18(26)25(24-19(15)20(23)27)17-9-4-3-8-16(17)22/h3-11,14H,2H2,1H3,(H2,23,27)/t14-/m1/s1. The van der Waals surface area contributed by atoms with Crippen LogP contribution in [0.5, 0.6) is 0 Å². The Labute approximate surface area is 160 Å². The molecule has 2 N–H and O–H groups in total. The van der Waals surface area contributed by atoms with E-state index in [-0.39, 0.29) is 17.3 Å². The molecule has 3 aromatic rings. The van der Waals surface area contributed by atoms with Gasteiger partial charge in [0.1, 0.15) is 11.5 Å². The number of carbonyl (C=O) groups excluding carboxylic acids is 1. The molecule has 1 amide bonds. The third kappa shape index (κ3) is 3.75. The Morgan fingerprint density at radius 3 is 2.59 bits per heavy atom. The van der Waals surface area contributed by atoms with Crippen LogP contribution in [0.4, 0.5) is 4.39 Å². The van der Waals surface area contributed by atoms with Crippen molar-refractivity contribution in [3.63, 3.8) is 0 Å². The van der Waals surface area contributed by atoms with Crippen molar-refractivity contribution < 1.29 is 9.18 Å². The zero-order valence-corrected chi connectivity index (χ0v) is 15.3. The maximum Gasteiger partial charge on any atom is 0.271 e. The van der Waals surface area contributed by atoms with Gasteiger partial charge in [-0.1, -0.05) is 42.8 Å². The van der Waals surface area contributed by atoms with Crippen LogP contribution in [-0.2, 0) is 0 Å². The summed E-state index contributed by atoms with van der Waals surface area (Å²) in [5, 5.41) is 4.62. The third-order valence-corrected chi connectivity index (χ3v) is 4.55. The number of benzene rings is 2. The summed E-state index contributed by atoms with van der Waals surface area (Å²) < 4.78 is 14.9. The highest BCUT2D eigenvalue weighted by Gasteiger charge is 2.23. The van der Waals surface area contributed by atoms with Gasteiger partial charge >= 0.3 is 0 Å². The lowest BCUT2D eigenvalue weighted by Crippen LogP contribution is -2.29. The first-order valence-electron chi connectivity index (χ1n) is 8.36. The second-order valence-corrected chi connectivity index (χ2v) is 6.47. The van der Waals surface area contributed by atoms with Crippen molar-refractivity contribution in [3.8, 4) is 5.69 Å². The summed E-state index contributed by atoms with van der Waals surface area (Å²) in [5.41, 5.74) is 6.06. The molecule has 5 nitrogen and oxygen atoms in total. The van der Waals surface area contributed by atoms with E-state index < -0.39 is 17.3 Å². The van der Waals surface area contributed by atoms with Crippen LogP contribution in [-0.4, -0.2) is 15.7 Å². The number of rotatable bonds is 5. The highest BCUT2D eigenvalue weighted by Crippen LogP contribution is 2.30. The minimum absolute atomic E-state index is 0.0487. The van der Waals surface area contributed by atoms with E-state index in [9.17, 15) is 14.0 Å². The van der Waals surface area contributed by atoms with Crippen molar-refractivity contribution >= 4 is 17.5 Å². The van der Waals surface area contributed by atoms with E-state index in [1.807, 2.05) is 13.0 Å². The molecule has 0 saturated heterocycles. The third-order valence-electron chi connectivity index (χ3n) is 4.31. The molecule has 0 aliphatic heterocycles. The molecule has 1 atom stereocenters. The number of aromatic nitrogens is 2. The lowest BCUT2D eigenvalue weighted by atomic mass is 9.88. The number of primary amides is 1. The first-order valence-corrected chi connectivity index (χ1v) is 8.74. The van der Waals surface area contributed by atoms with E-state index in [1.54, 1.807) is 24.3 Å². The number of hydrogen-bond acceptors (Lipinski definition) is 3. The minimum atomic E-state index is -0.796. The average Bonchev–Trinajstić information content (AvgIpc) is 2.63. The van der Waals surface area contributed by atoms with Gasteiger partial charge in [0.05, 0.1) is 0 Å². The fourth-order valence-corrected chi connectivity index (χ4v) is 3.28. The minimum Gasteiger partial charge on any atom is -0.364 e. The van der Waals surface area contributed by atoms with Crippen molar-refractivity contribution in [2.24, 2.45) is 5.73 Å². The van der Waals surface area contributed by atoms with Crippen LogP contribution in [0.1, 0.15) is 40.9 Å².